The lowest BCUT2D eigenvalue weighted by Crippen LogP contribution is -2.20. The molecule has 0 aliphatic rings. The monoisotopic (exact) mass is 264 g/mol. The van der Waals surface area contributed by atoms with Crippen LogP contribution in [0, 0.1) is 0 Å². The summed E-state index contributed by atoms with van der Waals surface area (Å²) in [5.74, 6) is 0.851. The summed E-state index contributed by atoms with van der Waals surface area (Å²) in [5, 5.41) is 15.8. The number of hydrogen-bond donors (Lipinski definition) is 1. The van der Waals surface area contributed by atoms with Crippen molar-refractivity contribution < 1.29 is 0 Å². The second kappa shape index (κ2) is 7.07. The molecule has 0 atom stereocenters. The second-order valence-corrected chi connectivity index (χ2v) is 4.62. The van der Waals surface area contributed by atoms with E-state index in [0.717, 1.165) is 30.5 Å². The van der Waals surface area contributed by atoms with Gasteiger partial charge in [0, 0.05) is 24.7 Å². The normalized spacial score (nSPS) is 10.7. The molecule has 6 nitrogen and oxygen atoms in total. The van der Waals surface area contributed by atoms with E-state index >= 15 is 0 Å². The van der Waals surface area contributed by atoms with Crippen LogP contribution < -0.4 is 5.32 Å². The highest BCUT2D eigenvalue weighted by molar-refractivity contribution is 7.98. The molecular formula is C11H16N6S. The van der Waals surface area contributed by atoms with Crippen LogP contribution in [0.25, 0.3) is 0 Å². The van der Waals surface area contributed by atoms with Gasteiger partial charge in [0.05, 0.1) is 6.54 Å². The van der Waals surface area contributed by atoms with E-state index < -0.39 is 0 Å². The van der Waals surface area contributed by atoms with Crippen molar-refractivity contribution in [2.75, 3.05) is 13.1 Å². The first kappa shape index (κ1) is 13.0. The lowest BCUT2D eigenvalue weighted by molar-refractivity contribution is 0.517. The number of tetrazole rings is 1. The first-order valence-corrected chi connectivity index (χ1v) is 6.87. The fourth-order valence-corrected chi connectivity index (χ4v) is 2.29. The smallest absolute Gasteiger partial charge is 0.209 e. The van der Waals surface area contributed by atoms with Gasteiger partial charge in [0.15, 0.2) is 0 Å². The minimum atomic E-state index is 0.791. The van der Waals surface area contributed by atoms with Gasteiger partial charge in [0.1, 0.15) is 0 Å². The topological polar surface area (TPSA) is 68.5 Å². The fourth-order valence-electron chi connectivity index (χ4n) is 1.43. The first-order chi connectivity index (χ1) is 8.90. The van der Waals surface area contributed by atoms with Crippen LogP contribution in [0.1, 0.15) is 12.5 Å². The fraction of sp³-hybridized carbons (Fsp3) is 0.455. The highest BCUT2D eigenvalue weighted by atomic mass is 32.2. The minimum absolute atomic E-state index is 0.791. The van der Waals surface area contributed by atoms with Gasteiger partial charge < -0.3 is 5.32 Å². The van der Waals surface area contributed by atoms with Crippen LogP contribution in [-0.2, 0) is 12.3 Å². The summed E-state index contributed by atoms with van der Waals surface area (Å²) in [7, 11) is 0. The van der Waals surface area contributed by atoms with E-state index in [1.807, 2.05) is 16.8 Å². The van der Waals surface area contributed by atoms with Gasteiger partial charge in [-0.3, -0.25) is 4.98 Å². The van der Waals surface area contributed by atoms with Gasteiger partial charge in [-0.2, -0.15) is 0 Å². The van der Waals surface area contributed by atoms with Gasteiger partial charge in [-0.05, 0) is 34.7 Å². The molecule has 0 saturated carbocycles. The quantitative estimate of drug-likeness (QED) is 0.593. The van der Waals surface area contributed by atoms with Crippen LogP contribution in [0.15, 0.2) is 29.7 Å². The minimum Gasteiger partial charge on any atom is -0.315 e. The summed E-state index contributed by atoms with van der Waals surface area (Å²) in [6.45, 7) is 4.71. The van der Waals surface area contributed by atoms with Crippen LogP contribution in [-0.4, -0.2) is 38.3 Å². The van der Waals surface area contributed by atoms with Crippen molar-refractivity contribution in [3.05, 3.63) is 30.1 Å². The van der Waals surface area contributed by atoms with Gasteiger partial charge >= 0.3 is 0 Å². The zero-order chi connectivity index (χ0) is 12.6. The number of rotatable bonds is 7. The van der Waals surface area contributed by atoms with Crippen molar-refractivity contribution >= 4 is 11.8 Å². The van der Waals surface area contributed by atoms with Crippen molar-refractivity contribution in [1.29, 1.82) is 0 Å². The largest absolute Gasteiger partial charge is 0.315 e. The molecule has 0 aromatic carbocycles. The van der Waals surface area contributed by atoms with E-state index in [1.54, 1.807) is 24.2 Å². The van der Waals surface area contributed by atoms with Crippen LogP contribution in [0.2, 0.25) is 0 Å². The number of hydrogen-bond acceptors (Lipinski definition) is 6. The molecule has 0 radical (unpaired) electrons. The van der Waals surface area contributed by atoms with Crippen LogP contribution in [0.4, 0.5) is 0 Å². The molecule has 0 spiro atoms. The Hall–Kier alpha value is -1.47. The van der Waals surface area contributed by atoms with Gasteiger partial charge in [0.25, 0.3) is 0 Å². The summed E-state index contributed by atoms with van der Waals surface area (Å²) >= 11 is 1.64. The van der Waals surface area contributed by atoms with Gasteiger partial charge in [-0.25, -0.2) is 4.68 Å². The van der Waals surface area contributed by atoms with Gasteiger partial charge in [-0.15, -0.1) is 5.10 Å². The lowest BCUT2D eigenvalue weighted by Gasteiger charge is -2.04. The molecule has 7 heteroatoms. The molecule has 0 aliphatic heterocycles. The predicted octanol–water partition coefficient (Wildman–Crippen LogP) is 0.970. The van der Waals surface area contributed by atoms with Crippen LogP contribution >= 0.6 is 11.8 Å². The third-order valence-corrected chi connectivity index (χ3v) is 3.39. The van der Waals surface area contributed by atoms with E-state index in [0.29, 0.717) is 0 Å². The van der Waals surface area contributed by atoms with Crippen molar-refractivity contribution in [3.63, 3.8) is 0 Å². The van der Waals surface area contributed by atoms with Crippen molar-refractivity contribution in [2.45, 2.75) is 24.4 Å². The van der Waals surface area contributed by atoms with Crippen molar-refractivity contribution in [1.82, 2.24) is 30.5 Å². The van der Waals surface area contributed by atoms with E-state index in [2.05, 4.69) is 32.7 Å². The van der Waals surface area contributed by atoms with E-state index in [9.17, 15) is 0 Å². The van der Waals surface area contributed by atoms with E-state index in [4.69, 9.17) is 0 Å². The van der Waals surface area contributed by atoms with Gasteiger partial charge in [0.2, 0.25) is 5.16 Å². The number of thioether (sulfide) groups is 1. The molecule has 0 fully saturated rings. The summed E-state index contributed by atoms with van der Waals surface area (Å²) in [5.41, 5.74) is 1.22. The summed E-state index contributed by atoms with van der Waals surface area (Å²) in [4.78, 5) is 3.99. The lowest BCUT2D eigenvalue weighted by atomic mass is 10.3. The molecule has 2 heterocycles. The van der Waals surface area contributed by atoms with Crippen LogP contribution in [0.3, 0.4) is 0 Å². The standard InChI is InChI=1S/C11H16N6S/c1-2-12-7-8-17-11(14-15-16-17)18-9-10-3-5-13-6-4-10/h3-6,12H,2,7-9H2,1H3. The Morgan fingerprint density at radius 3 is 2.94 bits per heavy atom. The Labute approximate surface area is 110 Å². The molecule has 2 aromatic heterocycles. The molecule has 1 N–H and O–H groups in total. The molecule has 0 saturated heterocycles. The molecule has 18 heavy (non-hydrogen) atoms. The highest BCUT2D eigenvalue weighted by Crippen LogP contribution is 2.18. The second-order valence-electron chi connectivity index (χ2n) is 3.68. The molecule has 96 valence electrons. The summed E-state index contributed by atoms with van der Waals surface area (Å²) in [6, 6.07) is 4.00. The van der Waals surface area contributed by atoms with Crippen molar-refractivity contribution in [3.8, 4) is 0 Å². The SMILES string of the molecule is CCNCCn1nnnc1SCc1ccncc1. The molecule has 0 bridgehead atoms. The van der Waals surface area contributed by atoms with Crippen molar-refractivity contribution in [2.24, 2.45) is 0 Å². The Bertz CT molecular complexity index is 458. The average Bonchev–Trinajstić information content (AvgIpc) is 2.86. The zero-order valence-corrected chi connectivity index (χ0v) is 11.1. The van der Waals surface area contributed by atoms with E-state index in [1.165, 1.54) is 5.56 Å². The molecule has 2 aromatic rings. The van der Waals surface area contributed by atoms with Crippen LogP contribution in [0.5, 0.6) is 0 Å². The molecule has 2 rings (SSSR count). The zero-order valence-electron chi connectivity index (χ0n) is 10.3. The number of aromatic nitrogens is 5. The maximum atomic E-state index is 4.03. The highest BCUT2D eigenvalue weighted by Gasteiger charge is 2.06. The number of nitrogens with one attached hydrogen (secondary N) is 1. The van der Waals surface area contributed by atoms with Gasteiger partial charge in [-0.1, -0.05) is 18.7 Å². The third-order valence-electron chi connectivity index (χ3n) is 2.37. The number of pyridine rings is 1. The number of nitrogens with zero attached hydrogens (tertiary/aromatic N) is 5. The van der Waals surface area contributed by atoms with E-state index in [-0.39, 0.29) is 0 Å². The summed E-state index contributed by atoms with van der Waals surface area (Å²) in [6.07, 6.45) is 3.59. The first-order valence-electron chi connectivity index (χ1n) is 5.88. The Balaban J connectivity index is 1.87. The molecular weight excluding hydrogens is 248 g/mol. The predicted molar refractivity (Wildman–Crippen MR) is 70.2 cm³/mol. The molecule has 0 unspecified atom stereocenters. The number of likely N-dealkylation sites (N-methyl/N-ethyl adjacent to an activating group) is 1. The maximum Gasteiger partial charge on any atom is 0.209 e. The Morgan fingerprint density at radius 2 is 2.17 bits per heavy atom. The maximum absolute atomic E-state index is 4.03. The molecule has 0 aliphatic carbocycles. The molecule has 0 amide bonds. The average molecular weight is 264 g/mol. The Kier molecular flexibility index (Phi) is 5.10. The Morgan fingerprint density at radius 1 is 1.33 bits per heavy atom. The third kappa shape index (κ3) is 3.78. The summed E-state index contributed by atoms with van der Waals surface area (Å²) < 4.78 is 1.83.